The van der Waals surface area contributed by atoms with Crippen LogP contribution in [0.2, 0.25) is 0 Å². The average Bonchev–Trinajstić information content (AvgIpc) is 3.23. The topological polar surface area (TPSA) is 86.9 Å². The summed E-state index contributed by atoms with van der Waals surface area (Å²) < 4.78 is 5.34. The third-order valence-electron chi connectivity index (χ3n) is 4.49. The minimum absolute atomic E-state index is 0.117. The fraction of sp³-hybridized carbons (Fsp3) is 0.533. The second-order valence-electron chi connectivity index (χ2n) is 5.89. The zero-order valence-corrected chi connectivity index (χ0v) is 12.3. The molecule has 2 aliphatic rings. The molecule has 4 rings (SSSR count). The van der Waals surface area contributed by atoms with Crippen LogP contribution < -0.4 is 0 Å². The first-order chi connectivity index (χ1) is 10.8. The summed E-state index contributed by atoms with van der Waals surface area (Å²) in [7, 11) is 0. The van der Waals surface area contributed by atoms with Crippen molar-refractivity contribution in [3.05, 3.63) is 23.8 Å². The molecule has 1 fully saturated rings. The van der Waals surface area contributed by atoms with E-state index < -0.39 is 0 Å². The SMILES string of the molecule is O=C(C1CCOCC1)N1CCc2nc(-c3cn[nH]c3)[nH]c2C1. The summed E-state index contributed by atoms with van der Waals surface area (Å²) in [5.41, 5.74) is 3.05. The van der Waals surface area contributed by atoms with E-state index in [2.05, 4.69) is 20.2 Å². The Balaban J connectivity index is 1.50. The van der Waals surface area contributed by atoms with Crippen LogP contribution >= 0.6 is 0 Å². The molecule has 7 heteroatoms. The molecule has 1 saturated heterocycles. The third-order valence-corrected chi connectivity index (χ3v) is 4.49. The predicted molar refractivity (Wildman–Crippen MR) is 78.8 cm³/mol. The normalized spacial score (nSPS) is 19.2. The highest BCUT2D eigenvalue weighted by molar-refractivity contribution is 5.79. The number of H-pyrrole nitrogens is 2. The summed E-state index contributed by atoms with van der Waals surface area (Å²) in [5, 5.41) is 6.74. The Labute approximate surface area is 128 Å². The third kappa shape index (κ3) is 2.41. The van der Waals surface area contributed by atoms with Gasteiger partial charge in [-0.05, 0) is 12.8 Å². The maximum absolute atomic E-state index is 12.6. The zero-order valence-electron chi connectivity index (χ0n) is 12.3. The minimum Gasteiger partial charge on any atom is -0.381 e. The molecular weight excluding hydrogens is 282 g/mol. The molecule has 2 aliphatic heterocycles. The van der Waals surface area contributed by atoms with Gasteiger partial charge in [0.15, 0.2) is 0 Å². The molecule has 2 N–H and O–H groups in total. The number of aromatic nitrogens is 4. The van der Waals surface area contributed by atoms with Gasteiger partial charge in [0.1, 0.15) is 5.82 Å². The lowest BCUT2D eigenvalue weighted by Crippen LogP contribution is -2.41. The summed E-state index contributed by atoms with van der Waals surface area (Å²) in [6.07, 6.45) is 6.04. The number of hydrogen-bond acceptors (Lipinski definition) is 4. The van der Waals surface area contributed by atoms with Crippen LogP contribution in [0.5, 0.6) is 0 Å². The van der Waals surface area contributed by atoms with Crippen molar-refractivity contribution in [1.29, 1.82) is 0 Å². The first-order valence-corrected chi connectivity index (χ1v) is 7.74. The first kappa shape index (κ1) is 13.5. The van der Waals surface area contributed by atoms with Crippen molar-refractivity contribution in [2.45, 2.75) is 25.8 Å². The Hall–Kier alpha value is -2.15. The molecule has 0 radical (unpaired) electrons. The Kier molecular flexibility index (Phi) is 3.42. The smallest absolute Gasteiger partial charge is 0.226 e. The van der Waals surface area contributed by atoms with Crippen molar-refractivity contribution >= 4 is 5.91 Å². The molecule has 0 spiro atoms. The van der Waals surface area contributed by atoms with Gasteiger partial charge in [0.25, 0.3) is 0 Å². The zero-order chi connectivity index (χ0) is 14.9. The van der Waals surface area contributed by atoms with Gasteiger partial charge in [-0.3, -0.25) is 9.89 Å². The largest absolute Gasteiger partial charge is 0.381 e. The van der Waals surface area contributed by atoms with Gasteiger partial charge in [0.2, 0.25) is 5.91 Å². The van der Waals surface area contributed by atoms with Gasteiger partial charge in [-0.25, -0.2) is 4.98 Å². The Morgan fingerprint density at radius 1 is 1.36 bits per heavy atom. The molecule has 0 atom stereocenters. The number of carbonyl (C=O) groups excluding carboxylic acids is 1. The van der Waals surface area contributed by atoms with Gasteiger partial charge in [0.05, 0.1) is 29.7 Å². The Morgan fingerprint density at radius 3 is 3.00 bits per heavy atom. The molecule has 1 amide bonds. The van der Waals surface area contributed by atoms with E-state index in [1.807, 2.05) is 11.1 Å². The van der Waals surface area contributed by atoms with Gasteiger partial charge in [-0.2, -0.15) is 5.10 Å². The van der Waals surface area contributed by atoms with Crippen molar-refractivity contribution in [2.24, 2.45) is 5.92 Å². The Bertz CT molecular complexity index is 658. The number of carbonyl (C=O) groups is 1. The Morgan fingerprint density at radius 2 is 2.23 bits per heavy atom. The van der Waals surface area contributed by atoms with Gasteiger partial charge in [-0.15, -0.1) is 0 Å². The maximum Gasteiger partial charge on any atom is 0.226 e. The van der Waals surface area contributed by atoms with E-state index in [0.29, 0.717) is 19.8 Å². The molecule has 22 heavy (non-hydrogen) atoms. The standard InChI is InChI=1S/C15H19N5O2/c21-15(10-2-5-22-6-3-10)20-4-1-12-13(9-20)19-14(18-12)11-7-16-17-8-11/h7-8,10H,1-6,9H2,(H,16,17)(H,18,19). The first-order valence-electron chi connectivity index (χ1n) is 7.74. The van der Waals surface area contributed by atoms with Crippen LogP contribution in [0.25, 0.3) is 11.4 Å². The van der Waals surface area contributed by atoms with Gasteiger partial charge in [0, 0.05) is 38.3 Å². The molecule has 7 nitrogen and oxygen atoms in total. The van der Waals surface area contributed by atoms with Crippen LogP contribution in [0.1, 0.15) is 24.2 Å². The highest BCUT2D eigenvalue weighted by Gasteiger charge is 2.30. The molecule has 2 aromatic rings. The molecule has 4 heterocycles. The summed E-state index contributed by atoms with van der Waals surface area (Å²) in [6.45, 7) is 2.77. The maximum atomic E-state index is 12.6. The van der Waals surface area contributed by atoms with Crippen LogP contribution in [0, 0.1) is 5.92 Å². The number of imidazole rings is 1. The highest BCUT2D eigenvalue weighted by Crippen LogP contribution is 2.25. The highest BCUT2D eigenvalue weighted by atomic mass is 16.5. The molecule has 116 valence electrons. The molecule has 0 bridgehead atoms. The fourth-order valence-electron chi connectivity index (χ4n) is 3.20. The quantitative estimate of drug-likeness (QED) is 0.870. The van der Waals surface area contributed by atoms with Crippen molar-refractivity contribution in [3.8, 4) is 11.4 Å². The van der Waals surface area contributed by atoms with E-state index in [1.165, 1.54) is 0 Å². The average molecular weight is 301 g/mol. The van der Waals surface area contributed by atoms with Gasteiger partial charge in [-0.1, -0.05) is 0 Å². The van der Waals surface area contributed by atoms with E-state index in [1.54, 1.807) is 6.20 Å². The monoisotopic (exact) mass is 301 g/mol. The van der Waals surface area contributed by atoms with Crippen LogP contribution in [0.3, 0.4) is 0 Å². The summed E-state index contributed by atoms with van der Waals surface area (Å²) >= 11 is 0. The van der Waals surface area contributed by atoms with Crippen LogP contribution in [0.4, 0.5) is 0 Å². The molecule has 0 unspecified atom stereocenters. The molecule has 0 aliphatic carbocycles. The molecule has 2 aromatic heterocycles. The number of nitrogens with zero attached hydrogens (tertiary/aromatic N) is 3. The van der Waals surface area contributed by atoms with Gasteiger partial charge >= 0.3 is 0 Å². The molecule has 0 aromatic carbocycles. The molecule has 0 saturated carbocycles. The van der Waals surface area contributed by atoms with Crippen LogP contribution in [0.15, 0.2) is 12.4 Å². The number of ether oxygens (including phenoxy) is 1. The van der Waals surface area contributed by atoms with Crippen molar-refractivity contribution < 1.29 is 9.53 Å². The summed E-state index contributed by atoms with van der Waals surface area (Å²) in [6, 6.07) is 0. The lowest BCUT2D eigenvalue weighted by molar-refractivity contribution is -0.139. The number of hydrogen-bond donors (Lipinski definition) is 2. The van der Waals surface area contributed by atoms with E-state index in [4.69, 9.17) is 4.74 Å². The van der Waals surface area contributed by atoms with Crippen molar-refractivity contribution in [3.63, 3.8) is 0 Å². The lowest BCUT2D eigenvalue weighted by Gasteiger charge is -2.31. The number of amides is 1. The van der Waals surface area contributed by atoms with E-state index in [9.17, 15) is 4.79 Å². The van der Waals surface area contributed by atoms with Crippen molar-refractivity contribution in [1.82, 2.24) is 25.1 Å². The summed E-state index contributed by atoms with van der Waals surface area (Å²) in [5.74, 6) is 1.19. The molecular formula is C15H19N5O2. The lowest BCUT2D eigenvalue weighted by atomic mass is 9.97. The fourth-order valence-corrected chi connectivity index (χ4v) is 3.20. The number of rotatable bonds is 2. The number of aromatic amines is 2. The number of nitrogens with one attached hydrogen (secondary N) is 2. The number of fused-ring (bicyclic) bond motifs is 1. The van der Waals surface area contributed by atoms with Crippen LogP contribution in [-0.4, -0.2) is 50.7 Å². The van der Waals surface area contributed by atoms with Crippen molar-refractivity contribution in [2.75, 3.05) is 19.8 Å². The van der Waals surface area contributed by atoms with Gasteiger partial charge < -0.3 is 14.6 Å². The second-order valence-corrected chi connectivity index (χ2v) is 5.89. The van der Waals surface area contributed by atoms with E-state index in [-0.39, 0.29) is 11.8 Å². The van der Waals surface area contributed by atoms with E-state index in [0.717, 1.165) is 48.6 Å². The summed E-state index contributed by atoms with van der Waals surface area (Å²) in [4.78, 5) is 22.5. The predicted octanol–water partition coefficient (Wildman–Crippen LogP) is 1.11. The minimum atomic E-state index is 0.117. The second kappa shape index (κ2) is 5.57. The van der Waals surface area contributed by atoms with E-state index >= 15 is 0 Å². The van der Waals surface area contributed by atoms with Crippen LogP contribution in [-0.2, 0) is 22.5 Å².